The number of carbonyl (C=O) groups excluding carboxylic acids is 2. The van der Waals surface area contributed by atoms with Crippen molar-refractivity contribution in [2.45, 2.75) is 19.4 Å². The van der Waals surface area contributed by atoms with Gasteiger partial charge in [0, 0.05) is 10.9 Å². The van der Waals surface area contributed by atoms with E-state index in [0.717, 1.165) is 5.56 Å². The van der Waals surface area contributed by atoms with Crippen molar-refractivity contribution >= 4 is 34.6 Å². The molecule has 0 spiro atoms. The summed E-state index contributed by atoms with van der Waals surface area (Å²) in [4.78, 5) is 27.9. The quantitative estimate of drug-likeness (QED) is 0.281. The van der Waals surface area contributed by atoms with Gasteiger partial charge in [-0.1, -0.05) is 30.3 Å². The minimum atomic E-state index is -0.851. The second kappa shape index (κ2) is 11.6. The van der Waals surface area contributed by atoms with Gasteiger partial charge >= 0.3 is 11.9 Å². The number of anilines is 1. The summed E-state index contributed by atoms with van der Waals surface area (Å²) in [5, 5.41) is 6.52. The second-order valence-electron chi connectivity index (χ2n) is 6.50. The second-order valence-corrected chi connectivity index (χ2v) is 7.35. The van der Waals surface area contributed by atoms with E-state index in [1.807, 2.05) is 42.5 Å². The third-order valence-electron chi connectivity index (χ3n) is 4.21. The number of ether oxygens (including phenoxy) is 3. The van der Waals surface area contributed by atoms with Gasteiger partial charge in [-0.25, -0.2) is 9.78 Å². The fourth-order valence-electron chi connectivity index (χ4n) is 2.72. The molecule has 9 heteroatoms. The average Bonchev–Trinajstić information content (AvgIpc) is 3.25. The van der Waals surface area contributed by atoms with E-state index in [2.05, 4.69) is 15.5 Å². The van der Waals surface area contributed by atoms with Crippen LogP contribution in [0.25, 0.3) is 0 Å². The van der Waals surface area contributed by atoms with Crippen LogP contribution < -0.4 is 10.2 Å². The summed E-state index contributed by atoms with van der Waals surface area (Å²) in [6.07, 6.45) is 0.911. The van der Waals surface area contributed by atoms with Crippen molar-refractivity contribution in [1.29, 1.82) is 0 Å². The van der Waals surface area contributed by atoms with Crippen molar-refractivity contribution in [3.05, 3.63) is 76.8 Å². The number of hydrazone groups is 1. The SMILES string of the molecule is CCOC(=O)Cc1csc(NN=Cc2ccc(OC(C(=O)OC)c3ccccc3)cc2)n1. The minimum Gasteiger partial charge on any atom is -0.474 e. The normalized spacial score (nSPS) is 11.7. The molecule has 0 aliphatic carbocycles. The summed E-state index contributed by atoms with van der Waals surface area (Å²) >= 11 is 1.35. The van der Waals surface area contributed by atoms with Crippen LogP contribution in [0.15, 0.2) is 65.1 Å². The number of nitrogens with zero attached hydrogens (tertiary/aromatic N) is 2. The number of benzene rings is 2. The van der Waals surface area contributed by atoms with E-state index in [-0.39, 0.29) is 12.4 Å². The molecule has 2 aromatic carbocycles. The monoisotopic (exact) mass is 453 g/mol. The highest BCUT2D eigenvalue weighted by Gasteiger charge is 2.23. The third kappa shape index (κ3) is 6.64. The largest absolute Gasteiger partial charge is 0.474 e. The first kappa shape index (κ1) is 23.0. The van der Waals surface area contributed by atoms with Crippen LogP contribution in [0.4, 0.5) is 5.13 Å². The number of rotatable bonds is 10. The molecule has 0 aliphatic heterocycles. The van der Waals surface area contributed by atoms with Gasteiger partial charge in [0.25, 0.3) is 0 Å². The highest BCUT2D eigenvalue weighted by molar-refractivity contribution is 7.13. The average molecular weight is 454 g/mol. The minimum absolute atomic E-state index is 0.132. The smallest absolute Gasteiger partial charge is 0.351 e. The fourth-order valence-corrected chi connectivity index (χ4v) is 3.38. The number of methoxy groups -OCH3 is 1. The number of hydrogen-bond donors (Lipinski definition) is 1. The van der Waals surface area contributed by atoms with E-state index in [1.165, 1.54) is 18.4 Å². The van der Waals surface area contributed by atoms with Gasteiger partial charge in [0.15, 0.2) is 0 Å². The summed E-state index contributed by atoms with van der Waals surface area (Å²) in [5.41, 5.74) is 5.00. The van der Waals surface area contributed by atoms with Crippen LogP contribution in [0.1, 0.15) is 29.8 Å². The van der Waals surface area contributed by atoms with Crippen molar-refractivity contribution in [3.8, 4) is 5.75 Å². The summed E-state index contributed by atoms with van der Waals surface area (Å²) in [7, 11) is 1.33. The molecule has 0 bridgehead atoms. The van der Waals surface area contributed by atoms with E-state index < -0.39 is 12.1 Å². The van der Waals surface area contributed by atoms with Crippen LogP contribution in [0.2, 0.25) is 0 Å². The molecular weight excluding hydrogens is 430 g/mol. The van der Waals surface area contributed by atoms with E-state index in [4.69, 9.17) is 14.2 Å². The molecule has 3 aromatic rings. The lowest BCUT2D eigenvalue weighted by Gasteiger charge is -2.17. The maximum Gasteiger partial charge on any atom is 0.351 e. The Kier molecular flexibility index (Phi) is 8.33. The van der Waals surface area contributed by atoms with Gasteiger partial charge in [-0.15, -0.1) is 11.3 Å². The molecule has 0 amide bonds. The lowest BCUT2D eigenvalue weighted by Crippen LogP contribution is -2.20. The van der Waals surface area contributed by atoms with Crippen LogP contribution in [-0.4, -0.2) is 36.9 Å². The molecule has 1 heterocycles. The molecule has 0 aliphatic rings. The fraction of sp³-hybridized carbons (Fsp3) is 0.217. The Bertz CT molecular complexity index is 1050. The molecule has 32 heavy (non-hydrogen) atoms. The third-order valence-corrected chi connectivity index (χ3v) is 5.00. The van der Waals surface area contributed by atoms with Gasteiger partial charge in [0.05, 0.1) is 32.0 Å². The summed E-state index contributed by atoms with van der Waals surface area (Å²) in [6, 6.07) is 16.3. The number of esters is 2. The Balaban J connectivity index is 1.57. The molecule has 1 unspecified atom stereocenters. The van der Waals surface area contributed by atoms with Crippen LogP contribution in [0.5, 0.6) is 5.75 Å². The number of hydrogen-bond acceptors (Lipinski definition) is 9. The standard InChI is InChI=1S/C23H23N3O5S/c1-3-30-20(27)13-18-15-32-23(25-18)26-24-14-16-9-11-19(12-10-16)31-21(22(28)29-2)17-7-5-4-6-8-17/h4-12,14-15,21H,3,13H2,1-2H3,(H,25,26). The molecular formula is C23H23N3O5S. The summed E-state index contributed by atoms with van der Waals surface area (Å²) < 4.78 is 15.6. The van der Waals surface area contributed by atoms with Crippen LogP contribution in [0, 0.1) is 0 Å². The Morgan fingerprint density at radius 1 is 1.16 bits per heavy atom. The first-order valence-corrected chi connectivity index (χ1v) is 10.8. The topological polar surface area (TPSA) is 99.1 Å². The zero-order chi connectivity index (χ0) is 22.8. The Labute approximate surface area is 189 Å². The summed E-state index contributed by atoms with van der Waals surface area (Å²) in [5.74, 6) is -0.258. The first-order valence-electron chi connectivity index (χ1n) is 9.87. The van der Waals surface area contributed by atoms with Gasteiger partial charge in [-0.3, -0.25) is 10.2 Å². The van der Waals surface area contributed by atoms with Crippen molar-refractivity contribution in [3.63, 3.8) is 0 Å². The molecule has 0 radical (unpaired) electrons. The van der Waals surface area contributed by atoms with Crippen molar-refractivity contribution in [1.82, 2.24) is 4.98 Å². The number of nitrogens with one attached hydrogen (secondary N) is 1. The molecule has 0 fully saturated rings. The number of aromatic nitrogens is 1. The van der Waals surface area contributed by atoms with Gasteiger partial charge < -0.3 is 14.2 Å². The highest BCUT2D eigenvalue weighted by Crippen LogP contribution is 2.23. The molecule has 3 rings (SSSR count). The lowest BCUT2D eigenvalue weighted by atomic mass is 10.1. The van der Waals surface area contributed by atoms with Crippen molar-refractivity contribution < 1.29 is 23.8 Å². The molecule has 0 saturated carbocycles. The van der Waals surface area contributed by atoms with E-state index >= 15 is 0 Å². The van der Waals surface area contributed by atoms with E-state index in [0.29, 0.717) is 28.7 Å². The van der Waals surface area contributed by atoms with Gasteiger partial charge in [0.2, 0.25) is 11.2 Å². The maximum atomic E-state index is 12.1. The molecule has 1 N–H and O–H groups in total. The lowest BCUT2D eigenvalue weighted by molar-refractivity contribution is -0.149. The maximum absolute atomic E-state index is 12.1. The molecule has 8 nitrogen and oxygen atoms in total. The van der Waals surface area contributed by atoms with Crippen LogP contribution in [-0.2, 0) is 25.5 Å². The van der Waals surface area contributed by atoms with Crippen LogP contribution in [0.3, 0.4) is 0 Å². The van der Waals surface area contributed by atoms with Crippen molar-refractivity contribution in [2.24, 2.45) is 5.10 Å². The molecule has 166 valence electrons. The first-order chi connectivity index (χ1) is 15.6. The zero-order valence-electron chi connectivity index (χ0n) is 17.7. The van der Waals surface area contributed by atoms with Crippen LogP contribution >= 0.6 is 11.3 Å². The molecule has 1 aromatic heterocycles. The molecule has 0 saturated heterocycles. The van der Waals surface area contributed by atoms with E-state index in [1.54, 1.807) is 30.7 Å². The molecule has 1 atom stereocenters. The predicted molar refractivity (Wildman–Crippen MR) is 122 cm³/mol. The number of thiazole rings is 1. The Hall–Kier alpha value is -3.72. The predicted octanol–water partition coefficient (Wildman–Crippen LogP) is 3.99. The van der Waals surface area contributed by atoms with Gasteiger partial charge in [-0.2, -0.15) is 5.10 Å². The van der Waals surface area contributed by atoms with Gasteiger partial charge in [0.1, 0.15) is 5.75 Å². The van der Waals surface area contributed by atoms with Gasteiger partial charge in [-0.05, 0) is 36.8 Å². The van der Waals surface area contributed by atoms with E-state index in [9.17, 15) is 9.59 Å². The zero-order valence-corrected chi connectivity index (χ0v) is 18.5. The Morgan fingerprint density at radius 3 is 2.59 bits per heavy atom. The Morgan fingerprint density at radius 2 is 1.91 bits per heavy atom. The highest BCUT2D eigenvalue weighted by atomic mass is 32.1. The summed E-state index contributed by atoms with van der Waals surface area (Å²) in [6.45, 7) is 2.11. The number of carbonyl (C=O) groups is 2. The van der Waals surface area contributed by atoms with Crippen molar-refractivity contribution in [2.75, 3.05) is 19.1 Å².